The normalized spacial score (nSPS) is 37.2. The standard InChI is InChI=1S/C11H21NO8/c1-18-8(6(15)4-13)9-7(12)5(14)3-11(17,20-9)10(16)19-2/h5-9,13-15,17H,3-4,12H2,1-2H3/t5-,6+,7+,8+,9+,11?/m0/s1. The fourth-order valence-electron chi connectivity index (χ4n) is 2.18. The second-order valence-electron chi connectivity index (χ2n) is 4.66. The third kappa shape index (κ3) is 3.26. The van der Waals surface area contributed by atoms with Gasteiger partial charge in [-0.2, -0.15) is 0 Å². The highest BCUT2D eigenvalue weighted by Gasteiger charge is 2.53. The van der Waals surface area contributed by atoms with Crippen molar-refractivity contribution in [3.8, 4) is 0 Å². The minimum Gasteiger partial charge on any atom is -0.465 e. The molecule has 1 aliphatic rings. The van der Waals surface area contributed by atoms with Crippen LogP contribution in [0.5, 0.6) is 0 Å². The van der Waals surface area contributed by atoms with E-state index in [4.69, 9.17) is 20.3 Å². The van der Waals surface area contributed by atoms with Gasteiger partial charge in [-0.05, 0) is 0 Å². The molecule has 118 valence electrons. The molecule has 1 rings (SSSR count). The molecule has 9 nitrogen and oxygen atoms in total. The summed E-state index contributed by atoms with van der Waals surface area (Å²) in [6.07, 6.45) is -5.45. The first-order valence-corrected chi connectivity index (χ1v) is 6.04. The maximum atomic E-state index is 11.5. The van der Waals surface area contributed by atoms with Crippen molar-refractivity contribution >= 4 is 5.97 Å². The van der Waals surface area contributed by atoms with Crippen LogP contribution in [0.1, 0.15) is 6.42 Å². The van der Waals surface area contributed by atoms with Gasteiger partial charge in [-0.1, -0.05) is 0 Å². The van der Waals surface area contributed by atoms with Gasteiger partial charge in [-0.15, -0.1) is 0 Å². The third-order valence-electron chi connectivity index (χ3n) is 3.31. The number of nitrogens with two attached hydrogens (primary N) is 1. The van der Waals surface area contributed by atoms with Crippen LogP contribution in [0, 0.1) is 0 Å². The van der Waals surface area contributed by atoms with Crippen LogP contribution < -0.4 is 5.73 Å². The molecular weight excluding hydrogens is 274 g/mol. The van der Waals surface area contributed by atoms with Crippen LogP contribution in [0.3, 0.4) is 0 Å². The Morgan fingerprint density at radius 1 is 1.55 bits per heavy atom. The van der Waals surface area contributed by atoms with Crippen LogP contribution in [0.25, 0.3) is 0 Å². The van der Waals surface area contributed by atoms with Gasteiger partial charge in [-0.25, -0.2) is 4.79 Å². The Bertz CT molecular complexity index is 340. The van der Waals surface area contributed by atoms with Gasteiger partial charge in [0.15, 0.2) is 0 Å². The molecule has 0 amide bonds. The molecule has 0 aromatic carbocycles. The highest BCUT2D eigenvalue weighted by atomic mass is 16.7. The smallest absolute Gasteiger partial charge is 0.366 e. The summed E-state index contributed by atoms with van der Waals surface area (Å²) >= 11 is 0. The summed E-state index contributed by atoms with van der Waals surface area (Å²) in [6.45, 7) is -0.641. The molecule has 0 aromatic heterocycles. The Morgan fingerprint density at radius 3 is 2.60 bits per heavy atom. The lowest BCUT2D eigenvalue weighted by Gasteiger charge is -2.44. The Balaban J connectivity index is 3.01. The van der Waals surface area contributed by atoms with Gasteiger partial charge in [0, 0.05) is 13.5 Å². The molecule has 0 bridgehead atoms. The second kappa shape index (κ2) is 6.76. The minimum absolute atomic E-state index is 0.469. The number of methoxy groups -OCH3 is 2. The van der Waals surface area contributed by atoms with Crippen molar-refractivity contribution in [2.24, 2.45) is 5.73 Å². The van der Waals surface area contributed by atoms with Gasteiger partial charge in [0.05, 0.1) is 25.9 Å². The van der Waals surface area contributed by atoms with Crippen molar-refractivity contribution in [3.05, 3.63) is 0 Å². The largest absolute Gasteiger partial charge is 0.465 e. The number of esters is 1. The predicted octanol–water partition coefficient (Wildman–Crippen LogP) is -3.31. The lowest BCUT2D eigenvalue weighted by atomic mass is 9.89. The maximum Gasteiger partial charge on any atom is 0.366 e. The van der Waals surface area contributed by atoms with Crippen LogP contribution in [-0.4, -0.2) is 83.5 Å². The molecule has 0 aromatic rings. The molecule has 1 saturated heterocycles. The van der Waals surface area contributed by atoms with Crippen LogP contribution in [0.15, 0.2) is 0 Å². The van der Waals surface area contributed by atoms with E-state index in [0.717, 1.165) is 7.11 Å². The molecule has 6 atom stereocenters. The number of aliphatic hydroxyl groups excluding tert-OH is 3. The van der Waals surface area contributed by atoms with Gasteiger partial charge in [-0.3, -0.25) is 0 Å². The summed E-state index contributed by atoms with van der Waals surface area (Å²) in [4.78, 5) is 11.5. The van der Waals surface area contributed by atoms with E-state index in [0.29, 0.717) is 0 Å². The van der Waals surface area contributed by atoms with Crippen molar-refractivity contribution in [1.29, 1.82) is 0 Å². The van der Waals surface area contributed by atoms with E-state index in [-0.39, 0.29) is 0 Å². The van der Waals surface area contributed by atoms with Gasteiger partial charge in [0.2, 0.25) is 0 Å². The number of rotatable bonds is 5. The first kappa shape index (κ1) is 17.2. The molecule has 6 N–H and O–H groups in total. The highest BCUT2D eigenvalue weighted by molar-refractivity contribution is 5.77. The Labute approximate surface area is 115 Å². The molecule has 1 unspecified atom stereocenters. The molecule has 0 radical (unpaired) electrons. The van der Waals surface area contributed by atoms with Crippen LogP contribution in [0.2, 0.25) is 0 Å². The average molecular weight is 295 g/mol. The molecular formula is C11H21NO8. The van der Waals surface area contributed by atoms with Gasteiger partial charge in [0.1, 0.15) is 18.3 Å². The molecule has 1 fully saturated rings. The predicted molar refractivity (Wildman–Crippen MR) is 64.3 cm³/mol. The summed E-state index contributed by atoms with van der Waals surface area (Å²) in [6, 6.07) is -1.02. The number of carbonyl (C=O) groups excluding carboxylic acids is 1. The molecule has 1 aliphatic heterocycles. The summed E-state index contributed by atoms with van der Waals surface area (Å²) < 4.78 is 14.6. The highest BCUT2D eigenvalue weighted by Crippen LogP contribution is 2.30. The molecule has 9 heteroatoms. The van der Waals surface area contributed by atoms with E-state index in [9.17, 15) is 20.1 Å². The second-order valence-corrected chi connectivity index (χ2v) is 4.66. The Kier molecular flexibility index (Phi) is 5.83. The van der Waals surface area contributed by atoms with Gasteiger partial charge >= 0.3 is 5.97 Å². The number of carbonyl (C=O) groups is 1. The van der Waals surface area contributed by atoms with E-state index in [2.05, 4.69) is 4.74 Å². The molecule has 0 spiro atoms. The zero-order valence-electron chi connectivity index (χ0n) is 11.3. The molecule has 20 heavy (non-hydrogen) atoms. The monoisotopic (exact) mass is 295 g/mol. The lowest BCUT2D eigenvalue weighted by molar-refractivity contribution is -0.296. The first-order chi connectivity index (χ1) is 9.30. The zero-order valence-corrected chi connectivity index (χ0v) is 11.3. The van der Waals surface area contributed by atoms with Gasteiger partial charge < -0.3 is 40.4 Å². The van der Waals surface area contributed by atoms with E-state index in [1.807, 2.05) is 0 Å². The van der Waals surface area contributed by atoms with E-state index >= 15 is 0 Å². The Morgan fingerprint density at radius 2 is 2.15 bits per heavy atom. The fraction of sp³-hybridized carbons (Fsp3) is 0.909. The topological polar surface area (TPSA) is 152 Å². The molecule has 0 saturated carbocycles. The third-order valence-corrected chi connectivity index (χ3v) is 3.31. The van der Waals surface area contributed by atoms with Crippen LogP contribution >= 0.6 is 0 Å². The summed E-state index contributed by atoms with van der Waals surface area (Å²) in [5.74, 6) is -3.48. The number of hydrogen-bond acceptors (Lipinski definition) is 9. The summed E-state index contributed by atoms with van der Waals surface area (Å²) in [7, 11) is 2.29. The average Bonchev–Trinajstić information content (AvgIpc) is 2.43. The lowest BCUT2D eigenvalue weighted by Crippen LogP contribution is -2.66. The van der Waals surface area contributed by atoms with E-state index in [1.165, 1.54) is 7.11 Å². The molecule has 1 heterocycles. The maximum absolute atomic E-state index is 11.5. The van der Waals surface area contributed by atoms with Gasteiger partial charge in [0.25, 0.3) is 5.79 Å². The van der Waals surface area contributed by atoms with Crippen molar-refractivity contribution in [2.75, 3.05) is 20.8 Å². The summed E-state index contributed by atoms with van der Waals surface area (Å²) in [5, 5.41) is 38.6. The van der Waals surface area contributed by atoms with Crippen molar-refractivity contribution < 1.29 is 39.4 Å². The van der Waals surface area contributed by atoms with E-state index in [1.54, 1.807) is 0 Å². The summed E-state index contributed by atoms with van der Waals surface area (Å²) in [5.41, 5.74) is 5.74. The fourth-order valence-corrected chi connectivity index (χ4v) is 2.18. The quantitative estimate of drug-likeness (QED) is 0.328. The number of aliphatic hydroxyl groups is 4. The zero-order chi connectivity index (χ0) is 15.5. The van der Waals surface area contributed by atoms with Crippen LogP contribution in [-0.2, 0) is 19.0 Å². The van der Waals surface area contributed by atoms with Crippen LogP contribution in [0.4, 0.5) is 0 Å². The van der Waals surface area contributed by atoms with Crippen molar-refractivity contribution in [2.45, 2.75) is 42.7 Å². The SMILES string of the molecule is COC(=O)C1(O)C[C@H](O)[C@@H](N)[C@H]([C@H](OC)[C@H](O)CO)O1. The molecule has 0 aliphatic carbocycles. The minimum atomic E-state index is -2.39. The number of ether oxygens (including phenoxy) is 3. The van der Waals surface area contributed by atoms with E-state index < -0.39 is 55.2 Å². The van der Waals surface area contributed by atoms with Crippen molar-refractivity contribution in [3.63, 3.8) is 0 Å². The first-order valence-electron chi connectivity index (χ1n) is 6.04. The van der Waals surface area contributed by atoms with Crippen molar-refractivity contribution in [1.82, 2.24) is 0 Å². The Hall–Kier alpha value is -0.810. The number of hydrogen-bond donors (Lipinski definition) is 5.